The molecule has 0 aliphatic carbocycles. The highest BCUT2D eigenvalue weighted by molar-refractivity contribution is 9.10. The quantitative estimate of drug-likeness (QED) is 0.741. The molecule has 0 spiro atoms. The van der Waals surface area contributed by atoms with Gasteiger partial charge in [0, 0.05) is 22.5 Å². The molecule has 4 nitrogen and oxygen atoms in total. The zero-order chi connectivity index (χ0) is 11.9. The van der Waals surface area contributed by atoms with Gasteiger partial charge in [-0.2, -0.15) is 0 Å². The van der Waals surface area contributed by atoms with Crippen LogP contribution in [0.5, 0.6) is 0 Å². The highest BCUT2D eigenvalue weighted by atomic mass is 79.9. The summed E-state index contributed by atoms with van der Waals surface area (Å²) in [5.74, 6) is -0.482. The molecule has 84 valence electrons. The first kappa shape index (κ1) is 11.3. The van der Waals surface area contributed by atoms with Gasteiger partial charge >= 0.3 is 0 Å². The van der Waals surface area contributed by atoms with E-state index in [1.807, 2.05) is 0 Å². The summed E-state index contributed by atoms with van der Waals surface area (Å²) in [4.78, 5) is 29.0. The topological polar surface area (TPSA) is 50.3 Å². The average molecular weight is 283 g/mol. The first-order valence-electron chi connectivity index (χ1n) is 5.01. The minimum absolute atomic E-state index is 0.174. The number of rotatable bonds is 1. The molecule has 5 heteroatoms. The van der Waals surface area contributed by atoms with Crippen LogP contribution in [0.3, 0.4) is 0 Å². The van der Waals surface area contributed by atoms with Crippen LogP contribution in [0.4, 0.5) is 5.82 Å². The molecule has 1 aliphatic rings. The molecular weight excluding hydrogens is 272 g/mol. The predicted octanol–water partition coefficient (Wildman–Crippen LogP) is 1.99. The molecule has 1 aromatic rings. The van der Waals surface area contributed by atoms with Crippen LogP contribution in [0, 0.1) is 11.8 Å². The number of hydrogen-bond donors (Lipinski definition) is 0. The normalized spacial score (nSPS) is 25.3. The molecule has 2 heterocycles. The summed E-state index contributed by atoms with van der Waals surface area (Å²) in [6.07, 6.45) is 1.57. The van der Waals surface area contributed by atoms with E-state index in [0.717, 1.165) is 4.47 Å². The molecule has 2 atom stereocenters. The van der Waals surface area contributed by atoms with Gasteiger partial charge in [-0.3, -0.25) is 9.59 Å². The smallest absolute Gasteiger partial charge is 0.238 e. The predicted molar refractivity (Wildman–Crippen MR) is 62.8 cm³/mol. The zero-order valence-corrected chi connectivity index (χ0v) is 10.6. The number of nitrogens with zero attached hydrogens (tertiary/aromatic N) is 2. The maximum Gasteiger partial charge on any atom is 0.238 e. The molecular formula is C11H11BrN2O2. The van der Waals surface area contributed by atoms with Gasteiger partial charge < -0.3 is 0 Å². The van der Waals surface area contributed by atoms with Gasteiger partial charge in [-0.25, -0.2) is 9.88 Å². The van der Waals surface area contributed by atoms with Crippen molar-refractivity contribution in [1.29, 1.82) is 0 Å². The Bertz CT molecular complexity index is 424. The lowest BCUT2D eigenvalue weighted by atomic mass is 10.00. The van der Waals surface area contributed by atoms with Gasteiger partial charge in [0.05, 0.1) is 0 Å². The van der Waals surface area contributed by atoms with Gasteiger partial charge in [0.1, 0.15) is 5.82 Å². The lowest BCUT2D eigenvalue weighted by Crippen LogP contribution is -2.31. The van der Waals surface area contributed by atoms with Crippen molar-refractivity contribution in [2.24, 2.45) is 11.8 Å². The minimum atomic E-state index is -0.266. The van der Waals surface area contributed by atoms with Crippen LogP contribution in [0.25, 0.3) is 0 Å². The summed E-state index contributed by atoms with van der Waals surface area (Å²) in [6.45, 7) is 3.54. The molecule has 2 amide bonds. The molecule has 1 saturated heterocycles. The maximum absolute atomic E-state index is 11.9. The Balaban J connectivity index is 2.38. The lowest BCUT2D eigenvalue weighted by molar-refractivity contribution is -0.122. The fraction of sp³-hybridized carbons (Fsp3) is 0.364. The van der Waals surface area contributed by atoms with Gasteiger partial charge in [0.2, 0.25) is 11.8 Å². The SMILES string of the molecule is CC1C(=O)N(c2ccc(Br)cn2)C(=O)C1C. The van der Waals surface area contributed by atoms with Crippen LogP contribution in [0.2, 0.25) is 0 Å². The van der Waals surface area contributed by atoms with Crippen molar-refractivity contribution in [3.63, 3.8) is 0 Å². The second-order valence-corrected chi connectivity index (χ2v) is 4.84. The molecule has 1 aliphatic heterocycles. The van der Waals surface area contributed by atoms with E-state index < -0.39 is 0 Å². The van der Waals surface area contributed by atoms with Gasteiger partial charge in [0.15, 0.2) is 0 Å². The number of carbonyl (C=O) groups is 2. The van der Waals surface area contributed by atoms with E-state index in [1.54, 1.807) is 32.2 Å². The first-order valence-corrected chi connectivity index (χ1v) is 5.81. The summed E-state index contributed by atoms with van der Waals surface area (Å²) < 4.78 is 0.816. The average Bonchev–Trinajstić information content (AvgIpc) is 2.46. The molecule has 16 heavy (non-hydrogen) atoms. The van der Waals surface area contributed by atoms with Crippen LogP contribution in [-0.4, -0.2) is 16.8 Å². The molecule has 0 radical (unpaired) electrons. The van der Waals surface area contributed by atoms with E-state index in [-0.39, 0.29) is 23.7 Å². The standard InChI is InChI=1S/C11H11BrN2O2/c1-6-7(2)11(16)14(10(6)15)9-4-3-8(12)5-13-9/h3-7H,1-2H3. The summed E-state index contributed by atoms with van der Waals surface area (Å²) in [5.41, 5.74) is 0. The Kier molecular flexibility index (Phi) is 2.80. The third kappa shape index (κ3) is 1.65. The van der Waals surface area contributed by atoms with E-state index in [1.165, 1.54) is 4.90 Å². The van der Waals surface area contributed by atoms with E-state index >= 15 is 0 Å². The highest BCUT2D eigenvalue weighted by Gasteiger charge is 2.43. The summed E-state index contributed by atoms with van der Waals surface area (Å²) in [5, 5.41) is 0. The summed E-state index contributed by atoms with van der Waals surface area (Å²) >= 11 is 3.26. The molecule has 2 rings (SSSR count). The second kappa shape index (κ2) is 3.97. The number of pyridine rings is 1. The van der Waals surface area contributed by atoms with Gasteiger partial charge in [-0.15, -0.1) is 0 Å². The highest BCUT2D eigenvalue weighted by Crippen LogP contribution is 2.29. The number of amides is 2. The molecule has 1 aromatic heterocycles. The van der Waals surface area contributed by atoms with Crippen molar-refractivity contribution in [2.75, 3.05) is 4.90 Å². The van der Waals surface area contributed by atoms with Crippen molar-refractivity contribution in [2.45, 2.75) is 13.8 Å². The molecule has 0 N–H and O–H groups in total. The number of hydrogen-bond acceptors (Lipinski definition) is 3. The van der Waals surface area contributed by atoms with E-state index in [9.17, 15) is 9.59 Å². The van der Waals surface area contributed by atoms with Gasteiger partial charge in [-0.05, 0) is 28.1 Å². The Morgan fingerprint density at radius 2 is 1.75 bits per heavy atom. The van der Waals surface area contributed by atoms with Crippen molar-refractivity contribution < 1.29 is 9.59 Å². The van der Waals surface area contributed by atoms with Gasteiger partial charge in [0.25, 0.3) is 0 Å². The van der Waals surface area contributed by atoms with E-state index in [0.29, 0.717) is 5.82 Å². The van der Waals surface area contributed by atoms with Crippen LogP contribution in [0.15, 0.2) is 22.8 Å². The Labute approximate surface area is 102 Å². The Hall–Kier alpha value is -1.23. The first-order chi connectivity index (χ1) is 7.52. The molecule has 0 saturated carbocycles. The van der Waals surface area contributed by atoms with Crippen molar-refractivity contribution in [1.82, 2.24) is 4.98 Å². The molecule has 2 unspecified atom stereocenters. The van der Waals surface area contributed by atoms with E-state index in [2.05, 4.69) is 20.9 Å². The van der Waals surface area contributed by atoms with E-state index in [4.69, 9.17) is 0 Å². The number of anilines is 1. The number of halogens is 1. The van der Waals surface area contributed by atoms with Crippen molar-refractivity contribution in [3.05, 3.63) is 22.8 Å². The second-order valence-electron chi connectivity index (χ2n) is 3.92. The summed E-state index contributed by atoms with van der Waals surface area (Å²) in [7, 11) is 0. The number of carbonyl (C=O) groups excluding carboxylic acids is 2. The number of aromatic nitrogens is 1. The third-order valence-electron chi connectivity index (χ3n) is 2.91. The van der Waals surface area contributed by atoms with Crippen LogP contribution < -0.4 is 4.90 Å². The largest absolute Gasteiger partial charge is 0.274 e. The lowest BCUT2D eigenvalue weighted by Gasteiger charge is -2.12. The monoisotopic (exact) mass is 282 g/mol. The fourth-order valence-electron chi connectivity index (χ4n) is 1.67. The zero-order valence-electron chi connectivity index (χ0n) is 8.98. The maximum atomic E-state index is 11.9. The molecule has 0 bridgehead atoms. The van der Waals surface area contributed by atoms with Gasteiger partial charge in [-0.1, -0.05) is 13.8 Å². The van der Waals surface area contributed by atoms with Crippen molar-refractivity contribution in [3.8, 4) is 0 Å². The Morgan fingerprint density at radius 1 is 1.19 bits per heavy atom. The van der Waals surface area contributed by atoms with Crippen LogP contribution >= 0.6 is 15.9 Å². The van der Waals surface area contributed by atoms with Crippen LogP contribution in [-0.2, 0) is 9.59 Å². The minimum Gasteiger partial charge on any atom is -0.274 e. The molecule has 0 aromatic carbocycles. The number of imide groups is 1. The summed E-state index contributed by atoms with van der Waals surface area (Å²) in [6, 6.07) is 3.42. The van der Waals surface area contributed by atoms with Crippen LogP contribution in [0.1, 0.15) is 13.8 Å². The van der Waals surface area contributed by atoms with Crippen molar-refractivity contribution >= 4 is 33.6 Å². The fourth-order valence-corrected chi connectivity index (χ4v) is 1.90. The molecule has 1 fully saturated rings. The third-order valence-corrected chi connectivity index (χ3v) is 3.38. The Morgan fingerprint density at radius 3 is 2.19 bits per heavy atom.